The van der Waals surface area contributed by atoms with Gasteiger partial charge in [0.15, 0.2) is 0 Å². The molecular formula is C15H33NO5. The van der Waals surface area contributed by atoms with Gasteiger partial charge in [-0.1, -0.05) is 45.4 Å². The molecule has 0 heterocycles. The number of unbranched alkanes of at least 4 members (excludes halogenated alkanes) is 6. The number of hydrogen-bond donors (Lipinski definition) is 6. The van der Waals surface area contributed by atoms with Gasteiger partial charge >= 0.3 is 0 Å². The van der Waals surface area contributed by atoms with Crippen LogP contribution in [0.4, 0.5) is 0 Å². The first-order valence-electron chi connectivity index (χ1n) is 8.08. The number of aliphatic hydroxyl groups excluding tert-OH is 5. The number of aliphatic hydroxyl groups is 5. The molecule has 0 spiro atoms. The average Bonchev–Trinajstić information content (AvgIpc) is 2.50. The Bertz CT molecular complexity index is 230. The van der Waals surface area contributed by atoms with Crippen LogP contribution in [0.5, 0.6) is 0 Å². The SMILES string of the molecule is CCCCCCCCCNC[C@H](O)[C@@H](O)[C@H](O)[C@H](O)CO. The standard InChI is InChI=1S/C15H33NO5/c1-2-3-4-5-6-7-8-9-16-10-12(18)14(20)15(21)13(19)11-17/h12-21H,2-11H2,1H3/t12-,13+,14+,15+/m0/s1. The van der Waals surface area contributed by atoms with Gasteiger partial charge in [-0.3, -0.25) is 0 Å². The Morgan fingerprint density at radius 1 is 0.762 bits per heavy atom. The van der Waals surface area contributed by atoms with E-state index in [1.165, 1.54) is 32.1 Å². The summed E-state index contributed by atoms with van der Waals surface area (Å²) in [5.41, 5.74) is 0. The zero-order valence-corrected chi connectivity index (χ0v) is 13.1. The third kappa shape index (κ3) is 10.2. The topological polar surface area (TPSA) is 113 Å². The first kappa shape index (κ1) is 20.8. The first-order valence-corrected chi connectivity index (χ1v) is 8.08. The van der Waals surface area contributed by atoms with Crippen LogP contribution < -0.4 is 5.32 Å². The van der Waals surface area contributed by atoms with Crippen LogP contribution in [-0.4, -0.2) is 69.6 Å². The summed E-state index contributed by atoms with van der Waals surface area (Å²) < 4.78 is 0. The van der Waals surface area contributed by atoms with E-state index in [1.54, 1.807) is 0 Å². The minimum absolute atomic E-state index is 0.145. The molecule has 0 bridgehead atoms. The van der Waals surface area contributed by atoms with E-state index in [4.69, 9.17) is 5.11 Å². The molecule has 0 aliphatic heterocycles. The number of rotatable bonds is 14. The van der Waals surface area contributed by atoms with Crippen LogP contribution in [0.1, 0.15) is 51.9 Å². The van der Waals surface area contributed by atoms with Gasteiger partial charge in [0.25, 0.3) is 0 Å². The highest BCUT2D eigenvalue weighted by Gasteiger charge is 2.29. The van der Waals surface area contributed by atoms with Crippen molar-refractivity contribution in [1.29, 1.82) is 0 Å². The summed E-state index contributed by atoms with van der Waals surface area (Å²) in [6.07, 6.45) is 2.82. The highest BCUT2D eigenvalue weighted by Crippen LogP contribution is 2.07. The first-order chi connectivity index (χ1) is 10.0. The van der Waals surface area contributed by atoms with Crippen LogP contribution in [0.25, 0.3) is 0 Å². The molecule has 4 atom stereocenters. The van der Waals surface area contributed by atoms with Gasteiger partial charge in [0.2, 0.25) is 0 Å². The molecule has 0 aromatic carbocycles. The van der Waals surface area contributed by atoms with E-state index in [-0.39, 0.29) is 6.54 Å². The molecule has 0 fully saturated rings. The lowest BCUT2D eigenvalue weighted by atomic mass is 10.0. The zero-order valence-electron chi connectivity index (χ0n) is 13.1. The third-order valence-electron chi connectivity index (χ3n) is 3.64. The van der Waals surface area contributed by atoms with Crippen molar-refractivity contribution >= 4 is 0 Å². The Morgan fingerprint density at radius 3 is 1.86 bits per heavy atom. The lowest BCUT2D eigenvalue weighted by Crippen LogP contribution is -2.49. The van der Waals surface area contributed by atoms with E-state index in [1.807, 2.05) is 0 Å². The van der Waals surface area contributed by atoms with Crippen LogP contribution in [0.15, 0.2) is 0 Å². The summed E-state index contributed by atoms with van der Waals surface area (Å²) in [4.78, 5) is 0. The molecule has 128 valence electrons. The zero-order chi connectivity index (χ0) is 16.1. The molecule has 0 radical (unpaired) electrons. The summed E-state index contributed by atoms with van der Waals surface area (Å²) in [5, 5.41) is 49.6. The minimum atomic E-state index is -1.55. The molecule has 0 saturated heterocycles. The average molecular weight is 307 g/mol. The lowest BCUT2D eigenvalue weighted by molar-refractivity contribution is -0.113. The summed E-state index contributed by atoms with van der Waals surface area (Å²) >= 11 is 0. The monoisotopic (exact) mass is 307 g/mol. The van der Waals surface area contributed by atoms with Crippen LogP contribution in [0.2, 0.25) is 0 Å². The predicted molar refractivity (Wildman–Crippen MR) is 82.0 cm³/mol. The smallest absolute Gasteiger partial charge is 0.111 e. The Kier molecular flexibility index (Phi) is 13.3. The maximum atomic E-state index is 9.67. The van der Waals surface area contributed by atoms with E-state index in [9.17, 15) is 20.4 Å². The van der Waals surface area contributed by atoms with Crippen molar-refractivity contribution in [3.63, 3.8) is 0 Å². The fraction of sp³-hybridized carbons (Fsp3) is 1.00. The Morgan fingerprint density at radius 2 is 1.29 bits per heavy atom. The van der Waals surface area contributed by atoms with E-state index in [0.717, 1.165) is 19.4 Å². The number of nitrogens with one attached hydrogen (secondary N) is 1. The van der Waals surface area contributed by atoms with Crippen molar-refractivity contribution in [3.8, 4) is 0 Å². The summed E-state index contributed by atoms with van der Waals surface area (Å²) in [7, 11) is 0. The molecule has 0 aliphatic rings. The van der Waals surface area contributed by atoms with Gasteiger partial charge in [-0.15, -0.1) is 0 Å². The van der Waals surface area contributed by atoms with Crippen molar-refractivity contribution in [2.45, 2.75) is 76.3 Å². The second kappa shape index (κ2) is 13.4. The molecule has 21 heavy (non-hydrogen) atoms. The van der Waals surface area contributed by atoms with Crippen LogP contribution in [-0.2, 0) is 0 Å². The Hall–Kier alpha value is -0.240. The lowest BCUT2D eigenvalue weighted by Gasteiger charge is -2.25. The van der Waals surface area contributed by atoms with E-state index in [0.29, 0.717) is 0 Å². The van der Waals surface area contributed by atoms with Gasteiger partial charge in [0.1, 0.15) is 18.3 Å². The number of hydrogen-bond acceptors (Lipinski definition) is 6. The van der Waals surface area contributed by atoms with Gasteiger partial charge in [-0.25, -0.2) is 0 Å². The summed E-state index contributed by atoms with van der Waals surface area (Å²) in [6, 6.07) is 0. The fourth-order valence-electron chi connectivity index (χ4n) is 2.14. The Labute approximate surface area is 127 Å². The van der Waals surface area contributed by atoms with Gasteiger partial charge in [0.05, 0.1) is 12.7 Å². The van der Waals surface area contributed by atoms with Gasteiger partial charge < -0.3 is 30.8 Å². The fourth-order valence-corrected chi connectivity index (χ4v) is 2.14. The quantitative estimate of drug-likeness (QED) is 0.247. The van der Waals surface area contributed by atoms with Gasteiger partial charge in [-0.2, -0.15) is 0 Å². The van der Waals surface area contributed by atoms with Crippen molar-refractivity contribution in [2.24, 2.45) is 0 Å². The largest absolute Gasteiger partial charge is 0.394 e. The van der Waals surface area contributed by atoms with Crippen molar-refractivity contribution < 1.29 is 25.5 Å². The second-order valence-electron chi connectivity index (χ2n) is 5.62. The van der Waals surface area contributed by atoms with E-state index >= 15 is 0 Å². The Balaban J connectivity index is 3.54. The molecule has 0 saturated carbocycles. The molecule has 0 unspecified atom stereocenters. The summed E-state index contributed by atoms with van der Waals surface area (Å²) in [6.45, 7) is 2.43. The van der Waals surface area contributed by atoms with Crippen LogP contribution in [0.3, 0.4) is 0 Å². The minimum Gasteiger partial charge on any atom is -0.394 e. The van der Waals surface area contributed by atoms with Crippen LogP contribution >= 0.6 is 0 Å². The maximum absolute atomic E-state index is 9.67. The van der Waals surface area contributed by atoms with E-state index in [2.05, 4.69) is 12.2 Å². The molecule has 0 aromatic rings. The molecule has 6 nitrogen and oxygen atoms in total. The molecular weight excluding hydrogens is 274 g/mol. The molecule has 0 amide bonds. The predicted octanol–water partition coefficient (Wildman–Crippen LogP) is -0.237. The second-order valence-corrected chi connectivity index (χ2v) is 5.62. The summed E-state index contributed by atoms with van der Waals surface area (Å²) in [5.74, 6) is 0. The van der Waals surface area contributed by atoms with Gasteiger partial charge in [0, 0.05) is 6.54 Å². The van der Waals surface area contributed by atoms with Crippen molar-refractivity contribution in [3.05, 3.63) is 0 Å². The molecule has 6 heteroatoms. The highest BCUT2D eigenvalue weighted by molar-refractivity contribution is 4.81. The van der Waals surface area contributed by atoms with Gasteiger partial charge in [-0.05, 0) is 13.0 Å². The molecule has 0 aromatic heterocycles. The highest BCUT2D eigenvalue weighted by atomic mass is 16.4. The third-order valence-corrected chi connectivity index (χ3v) is 3.64. The maximum Gasteiger partial charge on any atom is 0.111 e. The van der Waals surface area contributed by atoms with Crippen molar-refractivity contribution in [2.75, 3.05) is 19.7 Å². The molecule has 0 aliphatic carbocycles. The van der Waals surface area contributed by atoms with Crippen LogP contribution in [0, 0.1) is 0 Å². The van der Waals surface area contributed by atoms with E-state index < -0.39 is 31.0 Å². The van der Waals surface area contributed by atoms with Crippen molar-refractivity contribution in [1.82, 2.24) is 5.32 Å². The normalized spacial score (nSPS) is 17.4. The molecule has 0 rings (SSSR count). The molecule has 6 N–H and O–H groups in total.